The molecule has 0 saturated carbocycles. The van der Waals surface area contributed by atoms with Crippen molar-refractivity contribution < 1.29 is 27.4 Å². The van der Waals surface area contributed by atoms with Crippen molar-refractivity contribution in [3.05, 3.63) is 56.5 Å². The molecule has 49 heavy (non-hydrogen) atoms. The average molecular weight is 699 g/mol. The second kappa shape index (κ2) is 12.7. The summed E-state index contributed by atoms with van der Waals surface area (Å²) in [6, 6.07) is 2.58. The molecular formula is C34H38ClF3N8O3. The Hall–Kier alpha value is -4.06. The number of ether oxygens (including phenoxy) is 2. The number of aromatic nitrogens is 4. The van der Waals surface area contributed by atoms with Gasteiger partial charge in [0.05, 0.1) is 46.8 Å². The first-order valence-electron chi connectivity index (χ1n) is 16.5. The third kappa shape index (κ3) is 6.06. The van der Waals surface area contributed by atoms with Crippen molar-refractivity contribution in [2.24, 2.45) is 0 Å². The van der Waals surface area contributed by atoms with Crippen molar-refractivity contribution in [1.29, 1.82) is 0 Å². The van der Waals surface area contributed by atoms with Gasteiger partial charge >= 0.3 is 12.2 Å². The lowest BCUT2D eigenvalue weighted by Gasteiger charge is -2.33. The fourth-order valence-corrected chi connectivity index (χ4v) is 8.08. The van der Waals surface area contributed by atoms with E-state index in [0.717, 1.165) is 44.8 Å². The number of amides is 1. The van der Waals surface area contributed by atoms with E-state index in [4.69, 9.17) is 43.2 Å². The number of benzene rings is 1. The molecule has 3 aromatic rings. The van der Waals surface area contributed by atoms with Crippen LogP contribution in [0.2, 0.25) is 5.02 Å². The molecule has 1 unspecified atom stereocenters. The number of terminal acetylenes is 1. The molecule has 1 atom stereocenters. The van der Waals surface area contributed by atoms with Crippen molar-refractivity contribution in [1.82, 2.24) is 29.5 Å². The summed E-state index contributed by atoms with van der Waals surface area (Å²) in [5, 5.41) is 4.80. The van der Waals surface area contributed by atoms with E-state index < -0.39 is 17.8 Å². The van der Waals surface area contributed by atoms with Gasteiger partial charge in [-0.05, 0) is 62.9 Å². The minimum Gasteiger partial charge on any atom is -0.461 e. The predicted molar refractivity (Wildman–Crippen MR) is 176 cm³/mol. The second-order valence-corrected chi connectivity index (χ2v) is 13.8. The third-order valence-electron chi connectivity index (χ3n) is 10.2. The molecule has 260 valence electrons. The summed E-state index contributed by atoms with van der Waals surface area (Å²) in [6.45, 7) is 3.81. The number of nitrogens with zero attached hydrogens (tertiary/aromatic N) is 7. The first-order chi connectivity index (χ1) is 23.4. The lowest BCUT2D eigenvalue weighted by molar-refractivity contribution is -0.140. The summed E-state index contributed by atoms with van der Waals surface area (Å²) in [5.41, 5.74) is 6.65. The van der Waals surface area contributed by atoms with Gasteiger partial charge in [0, 0.05) is 50.4 Å². The van der Waals surface area contributed by atoms with Gasteiger partial charge < -0.3 is 25.0 Å². The van der Waals surface area contributed by atoms with Crippen molar-refractivity contribution >= 4 is 29.0 Å². The van der Waals surface area contributed by atoms with Gasteiger partial charge in [-0.25, -0.2) is 0 Å². The van der Waals surface area contributed by atoms with Crippen molar-refractivity contribution in [2.45, 2.75) is 76.0 Å². The van der Waals surface area contributed by atoms with Gasteiger partial charge in [0.2, 0.25) is 0 Å². The summed E-state index contributed by atoms with van der Waals surface area (Å²) in [6.07, 6.45) is 4.68. The Balaban J connectivity index is 1.27. The summed E-state index contributed by atoms with van der Waals surface area (Å²) in [7, 11) is 3.28. The first-order valence-corrected chi connectivity index (χ1v) is 16.8. The van der Waals surface area contributed by atoms with E-state index in [-0.39, 0.29) is 64.6 Å². The van der Waals surface area contributed by atoms with Crippen LogP contribution in [-0.4, -0.2) is 81.3 Å². The van der Waals surface area contributed by atoms with E-state index in [9.17, 15) is 18.0 Å². The summed E-state index contributed by atoms with van der Waals surface area (Å²) in [5.74, 6) is 2.39. The zero-order chi connectivity index (χ0) is 34.7. The normalized spacial score (nSPS) is 20.3. The molecule has 0 aliphatic carbocycles. The number of alkyl halides is 3. The van der Waals surface area contributed by atoms with Crippen LogP contribution in [0.1, 0.15) is 82.3 Å². The maximum atomic E-state index is 14.4. The molecule has 1 amide bonds. The Labute approximate surface area is 287 Å². The molecular weight excluding hydrogens is 661 g/mol. The van der Waals surface area contributed by atoms with Crippen LogP contribution in [-0.2, 0) is 37.0 Å². The highest BCUT2D eigenvalue weighted by Crippen LogP contribution is 2.44. The maximum Gasteiger partial charge on any atom is 0.417 e. The molecule has 0 radical (unpaired) electrons. The second-order valence-electron chi connectivity index (χ2n) is 13.4. The van der Waals surface area contributed by atoms with Crippen LogP contribution < -0.4 is 15.4 Å². The van der Waals surface area contributed by atoms with Gasteiger partial charge in [0.25, 0.3) is 5.91 Å². The van der Waals surface area contributed by atoms with Gasteiger partial charge in [-0.15, -0.1) is 6.42 Å². The first kappa shape index (κ1) is 33.4. The van der Waals surface area contributed by atoms with Gasteiger partial charge in [-0.2, -0.15) is 28.2 Å². The number of fused-ring (bicyclic) bond motifs is 3. The molecule has 4 aliphatic heterocycles. The molecule has 11 nitrogen and oxygen atoms in total. The molecule has 15 heteroatoms. The van der Waals surface area contributed by atoms with Gasteiger partial charge in [-0.1, -0.05) is 17.5 Å². The fourth-order valence-electron chi connectivity index (χ4n) is 7.80. The zero-order valence-corrected chi connectivity index (χ0v) is 28.2. The van der Waals surface area contributed by atoms with Crippen molar-refractivity contribution in [3.63, 3.8) is 0 Å². The smallest absolute Gasteiger partial charge is 0.417 e. The summed E-state index contributed by atoms with van der Waals surface area (Å²) >= 11 is 6.77. The molecule has 2 aromatic heterocycles. The standard InChI is InChI=1S/C34H38ClF3N8O3/c1-4-20-14-21(39)15-22(27(20)34(36,37)38)26-16-24-23(18-48-26)30(41-32(40-24)49-19-33-8-5-11-45(33)12-6-9-33)44-10-7-13-46-25(17-44)28(35)29(42-46)31(47)43(2)3/h1,14-15,26H,5-13,16-19,39H2,2-3H3. The van der Waals surface area contributed by atoms with Crippen molar-refractivity contribution in [3.8, 4) is 18.4 Å². The molecule has 2 fully saturated rings. The quantitative estimate of drug-likeness (QED) is 0.285. The molecule has 4 aliphatic rings. The average Bonchev–Trinajstić information content (AvgIpc) is 3.69. The minimum atomic E-state index is -4.73. The molecule has 0 bridgehead atoms. The predicted octanol–water partition coefficient (Wildman–Crippen LogP) is 4.84. The van der Waals surface area contributed by atoms with E-state index in [1.807, 2.05) is 4.90 Å². The number of halogens is 4. The molecule has 0 spiro atoms. The largest absolute Gasteiger partial charge is 0.461 e. The number of aryl methyl sites for hydroxylation is 1. The van der Waals surface area contributed by atoms with Crippen LogP contribution in [0.5, 0.6) is 6.01 Å². The Bertz CT molecular complexity index is 1830. The van der Waals surface area contributed by atoms with E-state index in [1.165, 1.54) is 11.0 Å². The Morgan fingerprint density at radius 3 is 2.63 bits per heavy atom. The number of hydrogen-bond donors (Lipinski definition) is 1. The molecule has 6 heterocycles. The van der Waals surface area contributed by atoms with Gasteiger partial charge in [-0.3, -0.25) is 14.4 Å². The maximum absolute atomic E-state index is 14.4. The van der Waals surface area contributed by atoms with Crippen LogP contribution in [0, 0.1) is 12.3 Å². The highest BCUT2D eigenvalue weighted by molar-refractivity contribution is 6.34. The van der Waals surface area contributed by atoms with E-state index in [2.05, 4.69) is 15.9 Å². The molecule has 2 N–H and O–H groups in total. The number of nitrogen functional groups attached to an aromatic ring is 1. The van der Waals surface area contributed by atoms with Gasteiger partial charge in [0.15, 0.2) is 5.69 Å². The number of anilines is 2. The number of hydrogen-bond acceptors (Lipinski definition) is 9. The Morgan fingerprint density at radius 1 is 1.18 bits per heavy atom. The van der Waals surface area contributed by atoms with E-state index in [1.54, 1.807) is 18.8 Å². The molecule has 1 aromatic carbocycles. The highest BCUT2D eigenvalue weighted by atomic mass is 35.5. The fraction of sp³-hybridized carbons (Fsp3) is 0.529. The molecule has 2 saturated heterocycles. The summed E-state index contributed by atoms with van der Waals surface area (Å²) in [4.78, 5) is 28.5. The number of carbonyl (C=O) groups is 1. The Kier molecular flexibility index (Phi) is 8.65. The SMILES string of the molecule is C#Cc1cc(N)cc(C2Cc3nc(OCC45CCCN4CCC5)nc(N4CCCn5nc(C(=O)N(C)C)c(Cl)c5C4)c3CO2)c1C(F)(F)F. The number of nitrogens with two attached hydrogens (primary N) is 1. The summed E-state index contributed by atoms with van der Waals surface area (Å²) < 4.78 is 57.5. The van der Waals surface area contributed by atoms with Crippen LogP contribution in [0.3, 0.4) is 0 Å². The number of rotatable bonds is 6. The van der Waals surface area contributed by atoms with Crippen LogP contribution in [0.4, 0.5) is 24.7 Å². The van der Waals surface area contributed by atoms with Gasteiger partial charge in [0.1, 0.15) is 12.4 Å². The lowest BCUT2D eigenvalue weighted by Crippen LogP contribution is -2.43. The number of carbonyl (C=O) groups excluding carboxylic acids is 1. The van der Waals surface area contributed by atoms with E-state index >= 15 is 0 Å². The highest BCUT2D eigenvalue weighted by Gasteiger charge is 2.45. The van der Waals surface area contributed by atoms with Crippen molar-refractivity contribution in [2.75, 3.05) is 51.0 Å². The van der Waals surface area contributed by atoms with Crippen LogP contribution in [0.15, 0.2) is 12.1 Å². The zero-order valence-electron chi connectivity index (χ0n) is 27.4. The monoisotopic (exact) mass is 698 g/mol. The lowest BCUT2D eigenvalue weighted by atomic mass is 9.91. The topological polar surface area (TPSA) is 115 Å². The molecule has 7 rings (SSSR count). The third-order valence-corrected chi connectivity index (χ3v) is 10.6. The van der Waals surface area contributed by atoms with E-state index in [0.29, 0.717) is 48.9 Å². The Morgan fingerprint density at radius 2 is 1.94 bits per heavy atom. The van der Waals surface area contributed by atoms with Crippen LogP contribution >= 0.6 is 11.6 Å². The van der Waals surface area contributed by atoms with Crippen LogP contribution in [0.25, 0.3) is 0 Å². The minimum absolute atomic E-state index is 0.0169.